The molecule has 0 saturated carbocycles. The van der Waals surface area contributed by atoms with Crippen LogP contribution in [0.3, 0.4) is 0 Å². The third kappa shape index (κ3) is 3.81. The Kier molecular flexibility index (Phi) is 4.62. The fourth-order valence-electron chi connectivity index (χ4n) is 1.57. The van der Waals surface area contributed by atoms with Crippen LogP contribution in [0.4, 0.5) is 0 Å². The summed E-state index contributed by atoms with van der Waals surface area (Å²) in [4.78, 5) is 1.26. The predicted octanol–water partition coefficient (Wildman–Crippen LogP) is 5.01. The lowest BCUT2D eigenvalue weighted by atomic mass is 10.1. The van der Waals surface area contributed by atoms with Gasteiger partial charge in [0.2, 0.25) is 0 Å². The van der Waals surface area contributed by atoms with Crippen molar-refractivity contribution >= 4 is 38.9 Å². The number of nitrogens with one attached hydrogen (secondary N) is 1. The van der Waals surface area contributed by atoms with Crippen LogP contribution in [-0.2, 0) is 6.54 Å². The average Bonchev–Trinajstić information content (AvgIpc) is 2.73. The molecule has 4 heteroatoms. The topological polar surface area (TPSA) is 12.0 Å². The zero-order valence-corrected chi connectivity index (χ0v) is 12.6. The van der Waals surface area contributed by atoms with Gasteiger partial charge in [0.1, 0.15) is 0 Å². The molecule has 17 heavy (non-hydrogen) atoms. The Morgan fingerprint density at radius 1 is 1.24 bits per heavy atom. The highest BCUT2D eigenvalue weighted by atomic mass is 79.9. The van der Waals surface area contributed by atoms with Gasteiger partial charge in [-0.05, 0) is 36.8 Å². The molecule has 0 saturated heterocycles. The minimum Gasteiger partial charge on any atom is -0.305 e. The summed E-state index contributed by atoms with van der Waals surface area (Å²) in [7, 11) is 0. The van der Waals surface area contributed by atoms with E-state index in [9.17, 15) is 0 Å². The van der Waals surface area contributed by atoms with Gasteiger partial charge in [-0.1, -0.05) is 39.7 Å². The first kappa shape index (κ1) is 13.1. The number of thiophene rings is 1. The highest BCUT2D eigenvalue weighted by molar-refractivity contribution is 9.10. The second-order valence-electron chi connectivity index (χ2n) is 3.86. The maximum Gasteiger partial charge on any atom is 0.0931 e. The Hall–Kier alpha value is -0.350. The first-order chi connectivity index (χ1) is 8.15. The number of hydrogen-bond acceptors (Lipinski definition) is 2. The van der Waals surface area contributed by atoms with Gasteiger partial charge in [0, 0.05) is 21.9 Å². The SMILES string of the molecule is C[C@H](NCc1ccc(Cl)s1)c1ccc(Br)cc1. The molecule has 1 nitrogen and oxygen atoms in total. The van der Waals surface area contributed by atoms with Crippen LogP contribution < -0.4 is 5.32 Å². The third-order valence-electron chi connectivity index (χ3n) is 2.58. The van der Waals surface area contributed by atoms with E-state index in [1.165, 1.54) is 10.4 Å². The average molecular weight is 331 g/mol. The van der Waals surface area contributed by atoms with Crippen molar-refractivity contribution in [1.82, 2.24) is 5.32 Å². The molecule has 1 aromatic heterocycles. The van der Waals surface area contributed by atoms with Crippen molar-refractivity contribution < 1.29 is 0 Å². The van der Waals surface area contributed by atoms with Gasteiger partial charge in [-0.25, -0.2) is 0 Å². The molecule has 90 valence electrons. The first-order valence-electron chi connectivity index (χ1n) is 5.38. The lowest BCUT2D eigenvalue weighted by molar-refractivity contribution is 0.579. The van der Waals surface area contributed by atoms with E-state index in [0.717, 1.165) is 15.4 Å². The third-order valence-corrected chi connectivity index (χ3v) is 4.34. The molecule has 2 aromatic rings. The van der Waals surface area contributed by atoms with E-state index in [-0.39, 0.29) is 0 Å². The standard InChI is InChI=1S/C13H13BrClNS/c1-9(10-2-4-11(14)5-3-10)16-8-12-6-7-13(15)17-12/h2-7,9,16H,8H2,1H3/t9-/m0/s1. The van der Waals surface area contributed by atoms with Gasteiger partial charge < -0.3 is 5.32 Å². The maximum atomic E-state index is 5.90. The molecule has 0 radical (unpaired) electrons. The zero-order chi connectivity index (χ0) is 12.3. The van der Waals surface area contributed by atoms with Gasteiger partial charge in [0.25, 0.3) is 0 Å². The van der Waals surface area contributed by atoms with Crippen molar-refractivity contribution in [3.8, 4) is 0 Å². The summed E-state index contributed by atoms with van der Waals surface area (Å²) in [5.41, 5.74) is 1.29. The van der Waals surface area contributed by atoms with Crippen molar-refractivity contribution in [1.29, 1.82) is 0 Å². The Bertz CT molecular complexity index is 480. The first-order valence-corrected chi connectivity index (χ1v) is 7.37. The van der Waals surface area contributed by atoms with E-state index in [2.05, 4.69) is 58.5 Å². The Balaban J connectivity index is 1.93. The summed E-state index contributed by atoms with van der Waals surface area (Å²) in [5, 5.41) is 3.48. The molecular formula is C13H13BrClNS. The van der Waals surface area contributed by atoms with Crippen LogP contribution in [0.25, 0.3) is 0 Å². The van der Waals surface area contributed by atoms with Gasteiger partial charge in [-0.2, -0.15) is 0 Å². The molecular weight excluding hydrogens is 318 g/mol. The quantitative estimate of drug-likeness (QED) is 0.830. The molecule has 0 fully saturated rings. The molecule has 0 amide bonds. The Labute approximate surface area is 119 Å². The largest absolute Gasteiger partial charge is 0.305 e. The van der Waals surface area contributed by atoms with Crippen molar-refractivity contribution in [3.05, 3.63) is 55.6 Å². The van der Waals surface area contributed by atoms with E-state index in [0.29, 0.717) is 6.04 Å². The van der Waals surface area contributed by atoms with Crippen LogP contribution in [-0.4, -0.2) is 0 Å². The van der Waals surface area contributed by atoms with Crippen LogP contribution in [0.2, 0.25) is 4.34 Å². The van der Waals surface area contributed by atoms with Gasteiger partial charge >= 0.3 is 0 Å². The number of benzene rings is 1. The Morgan fingerprint density at radius 2 is 1.94 bits per heavy atom. The fraction of sp³-hybridized carbons (Fsp3) is 0.231. The molecule has 0 unspecified atom stereocenters. The van der Waals surface area contributed by atoms with Gasteiger partial charge in [-0.3, -0.25) is 0 Å². The summed E-state index contributed by atoms with van der Waals surface area (Å²) in [6, 6.07) is 12.7. The van der Waals surface area contributed by atoms with Crippen molar-refractivity contribution in [2.75, 3.05) is 0 Å². The summed E-state index contributed by atoms with van der Waals surface area (Å²) < 4.78 is 1.96. The molecule has 2 rings (SSSR count). The molecule has 0 aliphatic carbocycles. The minimum absolute atomic E-state index is 0.337. The summed E-state index contributed by atoms with van der Waals surface area (Å²) in [6.07, 6.45) is 0. The van der Waals surface area contributed by atoms with Crippen LogP contribution >= 0.6 is 38.9 Å². The van der Waals surface area contributed by atoms with Crippen LogP contribution in [0.1, 0.15) is 23.4 Å². The molecule has 0 bridgehead atoms. The number of halogens is 2. The van der Waals surface area contributed by atoms with E-state index in [4.69, 9.17) is 11.6 Å². The second kappa shape index (κ2) is 6.01. The van der Waals surface area contributed by atoms with E-state index >= 15 is 0 Å². The highest BCUT2D eigenvalue weighted by Gasteiger charge is 2.05. The highest BCUT2D eigenvalue weighted by Crippen LogP contribution is 2.22. The molecule has 0 aliphatic heterocycles. The molecule has 1 atom stereocenters. The molecule has 1 N–H and O–H groups in total. The van der Waals surface area contributed by atoms with Gasteiger partial charge in [-0.15, -0.1) is 11.3 Å². The fourth-order valence-corrected chi connectivity index (χ4v) is 2.87. The number of rotatable bonds is 4. The molecule has 0 aliphatic rings. The minimum atomic E-state index is 0.337. The van der Waals surface area contributed by atoms with Crippen LogP contribution in [0.15, 0.2) is 40.9 Å². The summed E-state index contributed by atoms with van der Waals surface area (Å²) in [5.74, 6) is 0. The Morgan fingerprint density at radius 3 is 2.53 bits per heavy atom. The molecule has 1 aromatic carbocycles. The lowest BCUT2D eigenvalue weighted by Crippen LogP contribution is -2.17. The second-order valence-corrected chi connectivity index (χ2v) is 6.58. The summed E-state index contributed by atoms with van der Waals surface area (Å²) in [6.45, 7) is 3.02. The van der Waals surface area contributed by atoms with E-state index < -0.39 is 0 Å². The predicted molar refractivity (Wildman–Crippen MR) is 78.7 cm³/mol. The smallest absolute Gasteiger partial charge is 0.0931 e. The monoisotopic (exact) mass is 329 g/mol. The van der Waals surface area contributed by atoms with Gasteiger partial charge in [0.15, 0.2) is 0 Å². The molecule has 0 spiro atoms. The lowest BCUT2D eigenvalue weighted by Gasteiger charge is -2.13. The summed E-state index contributed by atoms with van der Waals surface area (Å²) >= 11 is 11.0. The number of hydrogen-bond donors (Lipinski definition) is 1. The maximum absolute atomic E-state index is 5.90. The van der Waals surface area contributed by atoms with Crippen molar-refractivity contribution in [2.24, 2.45) is 0 Å². The van der Waals surface area contributed by atoms with Crippen molar-refractivity contribution in [2.45, 2.75) is 19.5 Å². The van der Waals surface area contributed by atoms with Crippen LogP contribution in [0.5, 0.6) is 0 Å². The zero-order valence-electron chi connectivity index (χ0n) is 9.41. The van der Waals surface area contributed by atoms with Gasteiger partial charge in [0.05, 0.1) is 4.34 Å². The normalized spacial score (nSPS) is 12.6. The van der Waals surface area contributed by atoms with Crippen molar-refractivity contribution in [3.63, 3.8) is 0 Å². The molecule has 1 heterocycles. The van der Waals surface area contributed by atoms with E-state index in [1.807, 2.05) is 6.07 Å². The van der Waals surface area contributed by atoms with E-state index in [1.54, 1.807) is 11.3 Å². The van der Waals surface area contributed by atoms with Crippen LogP contribution in [0, 0.1) is 0 Å².